The highest BCUT2D eigenvalue weighted by molar-refractivity contribution is 6.27. The first-order valence-electron chi connectivity index (χ1n) is 4.63. The van der Waals surface area contributed by atoms with Crippen molar-refractivity contribution in [3.05, 3.63) is 29.3 Å². The lowest BCUT2D eigenvalue weighted by Crippen LogP contribution is -2.13. The first-order valence-corrected chi connectivity index (χ1v) is 5.17. The van der Waals surface area contributed by atoms with Crippen LogP contribution in [0.4, 0.5) is 5.69 Å². The van der Waals surface area contributed by atoms with Crippen LogP contribution >= 0.6 is 11.6 Å². The van der Waals surface area contributed by atoms with Crippen LogP contribution in [0.1, 0.15) is 15.9 Å². The third kappa shape index (κ3) is 2.73. The van der Waals surface area contributed by atoms with Gasteiger partial charge in [0, 0.05) is 12.1 Å². The van der Waals surface area contributed by atoms with E-state index < -0.39 is 5.97 Å². The minimum absolute atomic E-state index is 0.0423. The maximum atomic E-state index is 11.4. The Morgan fingerprint density at radius 2 is 2.12 bits per heavy atom. The molecule has 16 heavy (non-hydrogen) atoms. The fraction of sp³-hybridized carbons (Fsp3) is 0.273. The van der Waals surface area contributed by atoms with Crippen molar-refractivity contribution in [2.45, 2.75) is 6.42 Å². The van der Waals surface area contributed by atoms with Crippen molar-refractivity contribution in [2.24, 2.45) is 0 Å². The van der Waals surface area contributed by atoms with E-state index in [1.807, 2.05) is 0 Å². The first kappa shape index (κ1) is 12.5. The van der Waals surface area contributed by atoms with Crippen molar-refractivity contribution in [3.63, 3.8) is 0 Å². The van der Waals surface area contributed by atoms with Crippen LogP contribution in [0.25, 0.3) is 0 Å². The van der Waals surface area contributed by atoms with Crippen molar-refractivity contribution >= 4 is 29.0 Å². The zero-order chi connectivity index (χ0) is 12.1. The van der Waals surface area contributed by atoms with Crippen LogP contribution in [0.2, 0.25) is 0 Å². The van der Waals surface area contributed by atoms with Gasteiger partial charge in [-0.1, -0.05) is 6.07 Å². The molecule has 0 unspecified atom stereocenters. The summed E-state index contributed by atoms with van der Waals surface area (Å²) in [5.41, 5.74) is 6.88. The molecule has 0 heterocycles. The quantitative estimate of drug-likeness (QED) is 0.492. The second kappa shape index (κ2) is 5.51. The average molecular weight is 242 g/mol. The molecule has 0 spiro atoms. The molecule has 0 aliphatic carbocycles. The van der Waals surface area contributed by atoms with Crippen molar-refractivity contribution in [2.75, 3.05) is 18.7 Å². The summed E-state index contributed by atoms with van der Waals surface area (Å²) in [4.78, 5) is 22.7. The standard InChI is InChI=1S/C11H12ClNO3/c1-16-11(15)8-3-2-4-10(13)9(8)5-7(14)6-12/h2-4H,5-6,13H2,1H3. The molecule has 0 saturated carbocycles. The first-order chi connectivity index (χ1) is 7.60. The number of halogens is 1. The molecule has 1 rings (SSSR count). The molecule has 0 aliphatic rings. The Balaban J connectivity index is 3.13. The second-order valence-electron chi connectivity index (χ2n) is 3.21. The number of nitrogen functional groups attached to an aromatic ring is 1. The van der Waals surface area contributed by atoms with Gasteiger partial charge < -0.3 is 10.5 Å². The number of benzene rings is 1. The van der Waals surface area contributed by atoms with E-state index in [0.717, 1.165) is 0 Å². The maximum absolute atomic E-state index is 11.4. The molecular weight excluding hydrogens is 230 g/mol. The summed E-state index contributed by atoms with van der Waals surface area (Å²) in [6.45, 7) is 0. The minimum atomic E-state index is -0.510. The molecule has 0 bridgehead atoms. The van der Waals surface area contributed by atoms with E-state index in [-0.39, 0.29) is 18.1 Å². The molecule has 1 aromatic rings. The minimum Gasteiger partial charge on any atom is -0.465 e. The molecule has 2 N–H and O–H groups in total. The summed E-state index contributed by atoms with van der Waals surface area (Å²) in [5, 5.41) is 0. The second-order valence-corrected chi connectivity index (χ2v) is 3.48. The van der Waals surface area contributed by atoms with Gasteiger partial charge in [0.2, 0.25) is 0 Å². The van der Waals surface area contributed by atoms with Crippen LogP contribution < -0.4 is 5.73 Å². The number of hydrogen-bond acceptors (Lipinski definition) is 4. The van der Waals surface area contributed by atoms with E-state index in [9.17, 15) is 9.59 Å². The molecule has 0 aliphatic heterocycles. The van der Waals surface area contributed by atoms with Gasteiger partial charge in [-0.2, -0.15) is 0 Å². The SMILES string of the molecule is COC(=O)c1cccc(N)c1CC(=O)CCl. The number of ether oxygens (including phenoxy) is 1. The van der Waals surface area contributed by atoms with Gasteiger partial charge in [-0.3, -0.25) is 4.79 Å². The highest BCUT2D eigenvalue weighted by atomic mass is 35.5. The molecule has 86 valence electrons. The van der Waals surface area contributed by atoms with Crippen LogP contribution in [0, 0.1) is 0 Å². The Morgan fingerprint density at radius 3 is 2.69 bits per heavy atom. The van der Waals surface area contributed by atoms with E-state index in [0.29, 0.717) is 16.8 Å². The Bertz CT molecular complexity index is 418. The lowest BCUT2D eigenvalue weighted by atomic mass is 10.0. The number of esters is 1. The zero-order valence-corrected chi connectivity index (χ0v) is 9.58. The number of rotatable bonds is 4. The monoisotopic (exact) mass is 241 g/mol. The summed E-state index contributed by atoms with van der Waals surface area (Å²) in [5.74, 6) is -0.802. The number of methoxy groups -OCH3 is 1. The van der Waals surface area contributed by atoms with Gasteiger partial charge in [0.15, 0.2) is 5.78 Å². The molecule has 0 fully saturated rings. The molecule has 0 radical (unpaired) electrons. The van der Waals surface area contributed by atoms with Crippen molar-refractivity contribution in [1.82, 2.24) is 0 Å². The van der Waals surface area contributed by atoms with Crippen molar-refractivity contribution < 1.29 is 14.3 Å². The van der Waals surface area contributed by atoms with E-state index in [1.165, 1.54) is 7.11 Å². The molecule has 5 heteroatoms. The summed E-state index contributed by atoms with van der Waals surface area (Å²) >= 11 is 5.41. The van der Waals surface area contributed by atoms with Gasteiger partial charge in [-0.05, 0) is 17.7 Å². The molecule has 0 aromatic heterocycles. The van der Waals surface area contributed by atoms with Gasteiger partial charge >= 0.3 is 5.97 Å². The van der Waals surface area contributed by atoms with Crippen LogP contribution in [-0.2, 0) is 16.0 Å². The highest BCUT2D eigenvalue weighted by Gasteiger charge is 2.16. The third-order valence-corrected chi connectivity index (χ3v) is 2.44. The summed E-state index contributed by atoms with van der Waals surface area (Å²) in [7, 11) is 1.28. The van der Waals surface area contributed by atoms with Gasteiger partial charge in [0.1, 0.15) is 0 Å². The highest BCUT2D eigenvalue weighted by Crippen LogP contribution is 2.19. The number of carbonyl (C=O) groups is 2. The van der Waals surface area contributed by atoms with Crippen molar-refractivity contribution in [3.8, 4) is 0 Å². The molecule has 1 aromatic carbocycles. The van der Waals surface area contributed by atoms with E-state index in [4.69, 9.17) is 17.3 Å². The van der Waals surface area contributed by atoms with E-state index in [2.05, 4.69) is 4.74 Å². The summed E-state index contributed by atoms with van der Waals surface area (Å²) in [6.07, 6.45) is 0.0423. The number of hydrogen-bond donors (Lipinski definition) is 1. The van der Waals surface area contributed by atoms with Gasteiger partial charge in [-0.25, -0.2) is 4.79 Å². The van der Waals surface area contributed by atoms with Gasteiger partial charge in [0.05, 0.1) is 18.6 Å². The lowest BCUT2D eigenvalue weighted by molar-refractivity contribution is -0.116. The van der Waals surface area contributed by atoms with Crippen LogP contribution in [0.5, 0.6) is 0 Å². The topological polar surface area (TPSA) is 69.4 Å². The molecule has 4 nitrogen and oxygen atoms in total. The number of ketones is 1. The molecule has 0 atom stereocenters. The van der Waals surface area contributed by atoms with Gasteiger partial charge in [-0.15, -0.1) is 11.6 Å². The number of alkyl halides is 1. The molecule has 0 saturated heterocycles. The smallest absolute Gasteiger partial charge is 0.338 e. The number of Topliss-reactive ketones (excluding diaryl/α,β-unsaturated/α-hetero) is 1. The van der Waals surface area contributed by atoms with E-state index >= 15 is 0 Å². The number of anilines is 1. The normalized spacial score (nSPS) is 9.88. The Labute approximate surface area is 98.3 Å². The largest absolute Gasteiger partial charge is 0.465 e. The molecular formula is C11H12ClNO3. The molecule has 0 amide bonds. The lowest BCUT2D eigenvalue weighted by Gasteiger charge is -2.09. The third-order valence-electron chi connectivity index (χ3n) is 2.14. The fourth-order valence-electron chi connectivity index (χ4n) is 1.35. The van der Waals surface area contributed by atoms with Crippen LogP contribution in [-0.4, -0.2) is 24.7 Å². The van der Waals surface area contributed by atoms with Crippen LogP contribution in [0.3, 0.4) is 0 Å². The Kier molecular flexibility index (Phi) is 4.31. The summed E-state index contributed by atoms with van der Waals surface area (Å²) in [6, 6.07) is 4.83. The zero-order valence-electron chi connectivity index (χ0n) is 8.83. The predicted molar refractivity (Wildman–Crippen MR) is 61.6 cm³/mol. The van der Waals surface area contributed by atoms with Crippen molar-refractivity contribution in [1.29, 1.82) is 0 Å². The Morgan fingerprint density at radius 1 is 1.44 bits per heavy atom. The van der Waals surface area contributed by atoms with Crippen LogP contribution in [0.15, 0.2) is 18.2 Å². The predicted octanol–water partition coefficient (Wildman–Crippen LogP) is 1.41. The number of carbonyl (C=O) groups excluding carboxylic acids is 2. The van der Waals surface area contributed by atoms with E-state index in [1.54, 1.807) is 18.2 Å². The van der Waals surface area contributed by atoms with Gasteiger partial charge in [0.25, 0.3) is 0 Å². The fourth-order valence-corrected chi connectivity index (χ4v) is 1.44. The average Bonchev–Trinajstić information content (AvgIpc) is 2.30. The maximum Gasteiger partial charge on any atom is 0.338 e. The Hall–Kier alpha value is -1.55. The summed E-state index contributed by atoms with van der Waals surface area (Å²) < 4.78 is 4.61. The number of nitrogens with two attached hydrogens (primary N) is 1.